The number of carboxylic acids is 1. The molecule has 0 aromatic heterocycles. The molecule has 0 rings (SSSR count). The van der Waals surface area contributed by atoms with E-state index in [4.69, 9.17) is 21.3 Å². The first-order chi connectivity index (χ1) is 3.46. The van der Waals surface area contributed by atoms with Crippen LogP contribution in [-0.2, 0) is 30.2 Å². The zero-order valence-electron chi connectivity index (χ0n) is 3.99. The fourth-order valence-electron chi connectivity index (χ4n) is 0. The Bertz CT molecular complexity index is 139. The molecule has 0 radical (unpaired) electrons. The van der Waals surface area contributed by atoms with Crippen molar-refractivity contribution in [1.82, 2.24) is 0 Å². The molecule has 48 valence electrons. The Labute approximate surface area is 48.9 Å². The maximum atomic E-state index is 9.00. The summed E-state index contributed by atoms with van der Waals surface area (Å²) in [4.78, 5) is 9.00. The van der Waals surface area contributed by atoms with Gasteiger partial charge in [-0.05, 0) is 0 Å². The molecule has 0 unspecified atom stereocenters. The Hall–Kier alpha value is -0.598. The van der Waals surface area contributed by atoms with Gasteiger partial charge < -0.3 is 5.11 Å². The third-order valence-electron chi connectivity index (χ3n) is 0. The normalized spacial score (nSPS) is 6.12. The molecule has 0 atom stereocenters. The van der Waals surface area contributed by atoms with E-state index in [2.05, 4.69) is 0 Å². The molecule has 1 N–H and O–H groups in total. The van der Waals surface area contributed by atoms with E-state index in [0.717, 1.165) is 6.92 Å². The van der Waals surface area contributed by atoms with Crippen molar-refractivity contribution in [2.45, 2.75) is 6.92 Å². The predicted octanol–water partition coefficient (Wildman–Crippen LogP) is -0.268. The average Bonchev–Trinajstić information content (AvgIpc) is 1.25. The zero-order valence-corrected chi connectivity index (χ0v) is 5.26. The van der Waals surface area contributed by atoms with Gasteiger partial charge in [-0.2, -0.15) is 0 Å². The summed E-state index contributed by atoms with van der Waals surface area (Å²) in [7, 11) is 0. The molecule has 0 aliphatic carbocycles. The molecule has 0 saturated heterocycles. The quantitative estimate of drug-likeness (QED) is 0.526. The Kier molecular flexibility index (Phi) is 8.32. The van der Waals surface area contributed by atoms with Crippen LogP contribution in [-0.4, -0.2) is 11.1 Å². The number of rotatable bonds is 0. The summed E-state index contributed by atoms with van der Waals surface area (Å²) >= 11 is -3.79. The summed E-state index contributed by atoms with van der Waals surface area (Å²) in [6.45, 7) is 1.08. The van der Waals surface area contributed by atoms with Crippen molar-refractivity contribution < 1.29 is 35.3 Å². The number of carbonyl (C=O) groups is 1. The van der Waals surface area contributed by atoms with Gasteiger partial charge in [0.15, 0.2) is 0 Å². The van der Waals surface area contributed by atoms with Gasteiger partial charge >= 0.3 is 25.4 Å². The van der Waals surface area contributed by atoms with Crippen LogP contribution in [0.1, 0.15) is 6.92 Å². The molecule has 0 aromatic carbocycles. The molecular formula is C2H4CrO5. The van der Waals surface area contributed by atoms with Gasteiger partial charge in [0.25, 0.3) is 5.97 Å². The Morgan fingerprint density at radius 1 is 1.38 bits per heavy atom. The second-order valence-corrected chi connectivity index (χ2v) is 1.36. The number of carboxylic acid groups (broad SMARTS) is 1. The molecule has 0 bridgehead atoms. The molecule has 0 saturated carbocycles. The van der Waals surface area contributed by atoms with E-state index in [-0.39, 0.29) is 0 Å². The summed E-state index contributed by atoms with van der Waals surface area (Å²) in [5, 5.41) is 7.42. The number of aliphatic carboxylic acids is 1. The molecular weight excluding hydrogens is 156 g/mol. The molecule has 0 aliphatic heterocycles. The van der Waals surface area contributed by atoms with Crippen LogP contribution in [0.5, 0.6) is 0 Å². The first kappa shape index (κ1) is 10.4. The van der Waals surface area contributed by atoms with E-state index in [0.29, 0.717) is 0 Å². The van der Waals surface area contributed by atoms with Gasteiger partial charge in [-0.15, -0.1) is 0 Å². The van der Waals surface area contributed by atoms with E-state index in [1.165, 1.54) is 0 Å². The molecule has 6 heteroatoms. The maximum absolute atomic E-state index is 9.00. The molecule has 0 fully saturated rings. The van der Waals surface area contributed by atoms with Crippen molar-refractivity contribution >= 4 is 5.97 Å². The first-order valence-electron chi connectivity index (χ1n) is 1.43. The molecule has 0 heterocycles. The standard InChI is InChI=1S/C2H4O2.Cr.3O/c1-2(3)4;;;;/h1H3,(H,3,4);;;;. The van der Waals surface area contributed by atoms with E-state index in [1.807, 2.05) is 0 Å². The first-order valence-corrected chi connectivity index (χ1v) is 2.99. The fraction of sp³-hybridized carbons (Fsp3) is 0.500. The molecule has 0 aromatic rings. The van der Waals surface area contributed by atoms with Crippen molar-refractivity contribution in [3.8, 4) is 0 Å². The van der Waals surface area contributed by atoms with Crippen LogP contribution in [0, 0.1) is 0 Å². The Morgan fingerprint density at radius 3 is 1.38 bits per heavy atom. The third-order valence-corrected chi connectivity index (χ3v) is 0. The summed E-state index contributed by atoms with van der Waals surface area (Å²) in [6, 6.07) is 0. The monoisotopic (exact) mass is 160 g/mol. The van der Waals surface area contributed by atoms with Crippen molar-refractivity contribution in [1.29, 1.82) is 0 Å². The average molecular weight is 160 g/mol. The van der Waals surface area contributed by atoms with Crippen LogP contribution < -0.4 is 0 Å². The van der Waals surface area contributed by atoms with Gasteiger partial charge in [-0.1, -0.05) is 0 Å². The topological polar surface area (TPSA) is 88.5 Å². The van der Waals surface area contributed by atoms with E-state index in [1.54, 1.807) is 0 Å². The van der Waals surface area contributed by atoms with Gasteiger partial charge in [-0.25, -0.2) is 0 Å². The van der Waals surface area contributed by atoms with Crippen LogP contribution in [0.3, 0.4) is 0 Å². The number of hydrogen-bond acceptors (Lipinski definition) is 4. The third kappa shape index (κ3) is 293. The van der Waals surface area contributed by atoms with Crippen molar-refractivity contribution in [2.75, 3.05) is 0 Å². The van der Waals surface area contributed by atoms with Crippen molar-refractivity contribution in [3.05, 3.63) is 0 Å². The van der Waals surface area contributed by atoms with Crippen LogP contribution >= 0.6 is 0 Å². The summed E-state index contributed by atoms with van der Waals surface area (Å²) in [5.74, 6) is -0.833. The summed E-state index contributed by atoms with van der Waals surface area (Å²) in [6.07, 6.45) is 0. The van der Waals surface area contributed by atoms with Crippen LogP contribution in [0.2, 0.25) is 0 Å². The molecule has 5 nitrogen and oxygen atoms in total. The van der Waals surface area contributed by atoms with Crippen LogP contribution in [0.15, 0.2) is 0 Å². The van der Waals surface area contributed by atoms with Gasteiger partial charge in [0.05, 0.1) is 0 Å². The summed E-state index contributed by atoms with van der Waals surface area (Å²) < 4.78 is 25.6. The van der Waals surface area contributed by atoms with Gasteiger partial charge in [-0.3, -0.25) is 4.79 Å². The van der Waals surface area contributed by atoms with E-state index >= 15 is 0 Å². The molecule has 0 aliphatic rings. The number of hydrogen-bond donors (Lipinski definition) is 1. The van der Waals surface area contributed by atoms with E-state index < -0.39 is 19.9 Å². The Morgan fingerprint density at radius 2 is 1.38 bits per heavy atom. The second kappa shape index (κ2) is 6.40. The van der Waals surface area contributed by atoms with Crippen LogP contribution in [0.4, 0.5) is 0 Å². The predicted molar refractivity (Wildman–Crippen MR) is 15.4 cm³/mol. The van der Waals surface area contributed by atoms with E-state index in [9.17, 15) is 0 Å². The fourth-order valence-corrected chi connectivity index (χ4v) is 0. The van der Waals surface area contributed by atoms with Gasteiger partial charge in [0.2, 0.25) is 0 Å². The minimum atomic E-state index is -3.79. The van der Waals surface area contributed by atoms with Crippen molar-refractivity contribution in [2.24, 2.45) is 0 Å². The SMILES string of the molecule is CC(=O)O.[O]=[Cr](=[O])=[O]. The molecule has 0 spiro atoms. The zero-order chi connectivity index (χ0) is 7.15. The molecule has 0 amide bonds. The second-order valence-electron chi connectivity index (χ2n) is 0.723. The van der Waals surface area contributed by atoms with Gasteiger partial charge in [0.1, 0.15) is 0 Å². The van der Waals surface area contributed by atoms with Crippen molar-refractivity contribution in [3.63, 3.8) is 0 Å². The van der Waals surface area contributed by atoms with Crippen LogP contribution in [0.25, 0.3) is 0 Å². The van der Waals surface area contributed by atoms with Gasteiger partial charge in [0, 0.05) is 6.92 Å². The minimum absolute atomic E-state index is 0.833. The Balaban J connectivity index is 0. The molecule has 8 heavy (non-hydrogen) atoms. The summed E-state index contributed by atoms with van der Waals surface area (Å²) in [5.41, 5.74) is 0.